The van der Waals surface area contributed by atoms with Crippen molar-refractivity contribution in [2.45, 2.75) is 44.7 Å². The van der Waals surface area contributed by atoms with Crippen molar-refractivity contribution in [3.8, 4) is 0 Å². The third kappa shape index (κ3) is 3.50. The van der Waals surface area contributed by atoms with Crippen LogP contribution in [0.15, 0.2) is 17.5 Å². The molecule has 0 bridgehead atoms. The van der Waals surface area contributed by atoms with Gasteiger partial charge < -0.3 is 15.7 Å². The highest BCUT2D eigenvalue weighted by atomic mass is 32.1. The molecule has 2 amide bonds. The Balaban J connectivity index is 1.91. The highest BCUT2D eigenvalue weighted by Crippen LogP contribution is 2.32. The van der Waals surface area contributed by atoms with Gasteiger partial charge in [0.25, 0.3) is 0 Å². The highest BCUT2D eigenvalue weighted by molar-refractivity contribution is 7.09. The van der Waals surface area contributed by atoms with Crippen molar-refractivity contribution in [1.29, 1.82) is 0 Å². The number of aliphatic carboxylic acids is 1. The van der Waals surface area contributed by atoms with Crippen LogP contribution in [0.1, 0.15) is 37.5 Å². The van der Waals surface area contributed by atoms with Gasteiger partial charge in [0.1, 0.15) is 5.54 Å². The smallest absolute Gasteiger partial charge is 0.329 e. The monoisotopic (exact) mass is 296 g/mol. The van der Waals surface area contributed by atoms with E-state index in [2.05, 4.69) is 17.6 Å². The van der Waals surface area contributed by atoms with Gasteiger partial charge in [0, 0.05) is 4.88 Å². The summed E-state index contributed by atoms with van der Waals surface area (Å²) in [6.07, 6.45) is 2.65. The SMILES string of the molecule is CC1CCC(NC(=O)NCc2cccs2)(C(=O)O)CC1. The molecule has 1 aliphatic carbocycles. The molecular formula is C14H20N2O3S. The summed E-state index contributed by atoms with van der Waals surface area (Å²) in [4.78, 5) is 24.5. The summed E-state index contributed by atoms with van der Waals surface area (Å²) in [7, 11) is 0. The maximum absolute atomic E-state index is 11.9. The zero-order chi connectivity index (χ0) is 14.6. The van der Waals surface area contributed by atoms with E-state index in [1.807, 2.05) is 17.5 Å². The first kappa shape index (κ1) is 14.8. The largest absolute Gasteiger partial charge is 0.480 e. The molecule has 110 valence electrons. The fraction of sp³-hybridized carbons (Fsp3) is 0.571. The second kappa shape index (κ2) is 6.26. The number of carboxylic acids is 1. The maximum Gasteiger partial charge on any atom is 0.329 e. The molecule has 0 unspecified atom stereocenters. The Bertz CT molecular complexity index is 465. The van der Waals surface area contributed by atoms with Crippen molar-refractivity contribution >= 4 is 23.3 Å². The zero-order valence-electron chi connectivity index (χ0n) is 11.5. The van der Waals surface area contributed by atoms with E-state index in [1.165, 1.54) is 0 Å². The normalized spacial score (nSPS) is 25.9. The van der Waals surface area contributed by atoms with Gasteiger partial charge in [-0.05, 0) is 43.0 Å². The van der Waals surface area contributed by atoms with Crippen LogP contribution in [0.4, 0.5) is 4.79 Å². The summed E-state index contributed by atoms with van der Waals surface area (Å²) in [5.74, 6) is -0.408. The molecule has 0 radical (unpaired) electrons. The van der Waals surface area contributed by atoms with Crippen LogP contribution in [-0.2, 0) is 11.3 Å². The Hall–Kier alpha value is -1.56. The van der Waals surface area contributed by atoms with Crippen LogP contribution in [0.2, 0.25) is 0 Å². The first-order valence-electron chi connectivity index (χ1n) is 6.84. The molecule has 5 nitrogen and oxygen atoms in total. The molecule has 1 fully saturated rings. The summed E-state index contributed by atoms with van der Waals surface area (Å²) in [5, 5.41) is 16.8. The lowest BCUT2D eigenvalue weighted by Crippen LogP contribution is -2.58. The minimum absolute atomic E-state index is 0.407. The zero-order valence-corrected chi connectivity index (χ0v) is 12.3. The second-order valence-electron chi connectivity index (χ2n) is 5.46. The summed E-state index contributed by atoms with van der Waals surface area (Å²) in [5.41, 5.74) is -1.11. The molecule has 0 spiro atoms. The Labute approximate surface area is 122 Å². The van der Waals surface area contributed by atoms with Crippen LogP contribution in [0.3, 0.4) is 0 Å². The molecule has 20 heavy (non-hydrogen) atoms. The van der Waals surface area contributed by atoms with Crippen LogP contribution in [-0.4, -0.2) is 22.6 Å². The molecule has 1 heterocycles. The van der Waals surface area contributed by atoms with Crippen LogP contribution in [0, 0.1) is 5.92 Å². The fourth-order valence-corrected chi connectivity index (χ4v) is 3.13. The first-order chi connectivity index (χ1) is 9.52. The van der Waals surface area contributed by atoms with Gasteiger partial charge in [-0.1, -0.05) is 13.0 Å². The van der Waals surface area contributed by atoms with Crippen molar-refractivity contribution in [3.63, 3.8) is 0 Å². The quantitative estimate of drug-likeness (QED) is 0.799. The van der Waals surface area contributed by atoms with E-state index >= 15 is 0 Å². The molecular weight excluding hydrogens is 276 g/mol. The molecule has 1 aliphatic rings. The van der Waals surface area contributed by atoms with Crippen molar-refractivity contribution in [3.05, 3.63) is 22.4 Å². The minimum Gasteiger partial charge on any atom is -0.480 e. The number of thiophene rings is 1. The topological polar surface area (TPSA) is 78.4 Å². The molecule has 0 atom stereocenters. The molecule has 2 rings (SSSR count). The average molecular weight is 296 g/mol. The van der Waals surface area contributed by atoms with Gasteiger partial charge in [0.05, 0.1) is 6.54 Å². The van der Waals surface area contributed by atoms with E-state index in [-0.39, 0.29) is 0 Å². The lowest BCUT2D eigenvalue weighted by molar-refractivity contribution is -0.146. The molecule has 1 aromatic rings. The molecule has 1 aromatic heterocycles. The van der Waals surface area contributed by atoms with Crippen LogP contribution >= 0.6 is 11.3 Å². The number of carbonyl (C=O) groups excluding carboxylic acids is 1. The van der Waals surface area contributed by atoms with E-state index in [4.69, 9.17) is 0 Å². The van der Waals surface area contributed by atoms with E-state index in [0.29, 0.717) is 25.3 Å². The van der Waals surface area contributed by atoms with Crippen LogP contribution in [0.25, 0.3) is 0 Å². The first-order valence-corrected chi connectivity index (χ1v) is 7.71. The number of amides is 2. The van der Waals surface area contributed by atoms with E-state index in [9.17, 15) is 14.7 Å². The molecule has 6 heteroatoms. The maximum atomic E-state index is 11.9. The van der Waals surface area contributed by atoms with Gasteiger partial charge in [-0.15, -0.1) is 11.3 Å². The molecule has 1 saturated carbocycles. The van der Waals surface area contributed by atoms with Gasteiger partial charge in [-0.2, -0.15) is 0 Å². The third-order valence-corrected chi connectivity index (χ3v) is 4.77. The number of carboxylic acid groups (broad SMARTS) is 1. The lowest BCUT2D eigenvalue weighted by Gasteiger charge is -2.36. The van der Waals surface area contributed by atoms with E-state index < -0.39 is 17.5 Å². The van der Waals surface area contributed by atoms with Gasteiger partial charge in [-0.25, -0.2) is 9.59 Å². The van der Waals surface area contributed by atoms with Crippen molar-refractivity contribution in [2.75, 3.05) is 0 Å². The number of urea groups is 1. The van der Waals surface area contributed by atoms with Gasteiger partial charge >= 0.3 is 12.0 Å². The van der Waals surface area contributed by atoms with Gasteiger partial charge in [-0.3, -0.25) is 0 Å². The average Bonchev–Trinajstić information content (AvgIpc) is 2.92. The number of carbonyl (C=O) groups is 2. The summed E-state index contributed by atoms with van der Waals surface area (Å²) in [6.45, 7) is 2.54. The Morgan fingerprint density at radius 1 is 1.45 bits per heavy atom. The highest BCUT2D eigenvalue weighted by Gasteiger charge is 2.42. The van der Waals surface area contributed by atoms with Crippen molar-refractivity contribution in [2.24, 2.45) is 5.92 Å². The predicted octanol–water partition coefficient (Wildman–Crippen LogP) is 2.58. The van der Waals surface area contributed by atoms with Crippen LogP contribution < -0.4 is 10.6 Å². The number of hydrogen-bond acceptors (Lipinski definition) is 3. The number of nitrogens with one attached hydrogen (secondary N) is 2. The van der Waals surface area contributed by atoms with Crippen molar-refractivity contribution in [1.82, 2.24) is 10.6 Å². The minimum atomic E-state index is -1.11. The van der Waals surface area contributed by atoms with Gasteiger partial charge in [0.15, 0.2) is 0 Å². The molecule has 3 N–H and O–H groups in total. The summed E-state index contributed by atoms with van der Waals surface area (Å²) in [6, 6.07) is 3.44. The number of hydrogen-bond donors (Lipinski definition) is 3. The van der Waals surface area contributed by atoms with E-state index in [0.717, 1.165) is 17.7 Å². The Morgan fingerprint density at radius 2 is 2.15 bits per heavy atom. The molecule has 0 aliphatic heterocycles. The Kier molecular flexibility index (Phi) is 4.65. The predicted molar refractivity (Wildman–Crippen MR) is 77.7 cm³/mol. The number of rotatable bonds is 4. The third-order valence-electron chi connectivity index (χ3n) is 3.89. The summed E-state index contributed by atoms with van der Waals surface area (Å²) < 4.78 is 0. The van der Waals surface area contributed by atoms with Crippen LogP contribution in [0.5, 0.6) is 0 Å². The van der Waals surface area contributed by atoms with Gasteiger partial charge in [0.2, 0.25) is 0 Å². The summed E-state index contributed by atoms with van der Waals surface area (Å²) >= 11 is 1.56. The molecule has 0 aromatic carbocycles. The lowest BCUT2D eigenvalue weighted by atomic mass is 9.77. The van der Waals surface area contributed by atoms with E-state index in [1.54, 1.807) is 11.3 Å². The second-order valence-corrected chi connectivity index (χ2v) is 6.49. The van der Waals surface area contributed by atoms with Crippen molar-refractivity contribution < 1.29 is 14.7 Å². The standard InChI is InChI=1S/C14H20N2O3S/c1-10-4-6-14(7-5-10,12(17)18)16-13(19)15-9-11-3-2-8-20-11/h2-3,8,10H,4-7,9H2,1H3,(H,17,18)(H2,15,16,19). The Morgan fingerprint density at radius 3 is 2.70 bits per heavy atom. The molecule has 0 saturated heterocycles. The fourth-order valence-electron chi connectivity index (χ4n) is 2.49.